The predicted octanol–water partition coefficient (Wildman–Crippen LogP) is 3.85. The second-order valence-corrected chi connectivity index (χ2v) is 5.03. The summed E-state index contributed by atoms with van der Waals surface area (Å²) in [6.45, 7) is 2.05. The van der Waals surface area contributed by atoms with E-state index in [2.05, 4.69) is 5.43 Å². The van der Waals surface area contributed by atoms with Crippen LogP contribution in [0.4, 0.5) is 0 Å². The topological polar surface area (TPSA) is 38.0 Å². The Morgan fingerprint density at radius 2 is 1.67 bits per heavy atom. The van der Waals surface area contributed by atoms with Crippen molar-refractivity contribution in [2.24, 2.45) is 5.84 Å². The van der Waals surface area contributed by atoms with E-state index in [0.29, 0.717) is 10.0 Å². The number of hydrogen-bond donors (Lipinski definition) is 2. The fraction of sp³-hybridized carbons (Fsp3) is 0.143. The van der Waals surface area contributed by atoms with Crippen LogP contribution in [0.2, 0.25) is 10.0 Å². The molecule has 0 amide bonds. The number of rotatable bonds is 3. The Labute approximate surface area is 117 Å². The third-order valence-electron chi connectivity index (χ3n) is 2.88. The molecule has 0 radical (unpaired) electrons. The molecule has 18 heavy (non-hydrogen) atoms. The van der Waals surface area contributed by atoms with Crippen LogP contribution in [0.1, 0.15) is 22.7 Å². The van der Waals surface area contributed by atoms with Crippen molar-refractivity contribution in [3.8, 4) is 0 Å². The Bertz CT molecular complexity index is 535. The molecule has 4 heteroatoms. The molecule has 0 aliphatic rings. The minimum absolute atomic E-state index is 0.123. The summed E-state index contributed by atoms with van der Waals surface area (Å²) in [6, 6.07) is 13.4. The van der Waals surface area contributed by atoms with Gasteiger partial charge in [0, 0.05) is 10.0 Å². The third kappa shape index (κ3) is 2.85. The van der Waals surface area contributed by atoms with Crippen molar-refractivity contribution < 1.29 is 0 Å². The van der Waals surface area contributed by atoms with Gasteiger partial charge in [-0.05, 0) is 41.8 Å². The van der Waals surface area contributed by atoms with Crippen LogP contribution in [0.5, 0.6) is 0 Å². The van der Waals surface area contributed by atoms with E-state index in [-0.39, 0.29) is 6.04 Å². The maximum Gasteiger partial charge on any atom is 0.0713 e. The first-order chi connectivity index (χ1) is 8.61. The monoisotopic (exact) mass is 280 g/mol. The van der Waals surface area contributed by atoms with Gasteiger partial charge in [0.2, 0.25) is 0 Å². The highest BCUT2D eigenvalue weighted by Gasteiger charge is 2.15. The van der Waals surface area contributed by atoms with Gasteiger partial charge in [-0.3, -0.25) is 5.84 Å². The molecule has 1 atom stereocenters. The van der Waals surface area contributed by atoms with Crippen molar-refractivity contribution in [1.82, 2.24) is 5.43 Å². The van der Waals surface area contributed by atoms with Crippen molar-refractivity contribution in [3.05, 3.63) is 69.2 Å². The van der Waals surface area contributed by atoms with Gasteiger partial charge in [0.15, 0.2) is 0 Å². The molecule has 2 nitrogen and oxygen atoms in total. The second-order valence-electron chi connectivity index (χ2n) is 4.16. The largest absolute Gasteiger partial charge is 0.271 e. The summed E-state index contributed by atoms with van der Waals surface area (Å²) in [6.07, 6.45) is 0. The lowest BCUT2D eigenvalue weighted by Crippen LogP contribution is -2.29. The van der Waals surface area contributed by atoms with Gasteiger partial charge in [-0.2, -0.15) is 0 Å². The van der Waals surface area contributed by atoms with Crippen molar-refractivity contribution in [3.63, 3.8) is 0 Å². The summed E-state index contributed by atoms with van der Waals surface area (Å²) in [7, 11) is 0. The van der Waals surface area contributed by atoms with Gasteiger partial charge in [-0.1, -0.05) is 47.5 Å². The zero-order chi connectivity index (χ0) is 13.1. The molecule has 0 heterocycles. The quantitative estimate of drug-likeness (QED) is 0.662. The Morgan fingerprint density at radius 1 is 1.06 bits per heavy atom. The summed E-state index contributed by atoms with van der Waals surface area (Å²) in [5.74, 6) is 5.67. The third-order valence-corrected chi connectivity index (χ3v) is 3.32. The van der Waals surface area contributed by atoms with Crippen LogP contribution in [-0.2, 0) is 0 Å². The molecule has 2 aromatic rings. The molecule has 3 N–H and O–H groups in total. The fourth-order valence-corrected chi connectivity index (χ4v) is 2.56. The molecule has 1 unspecified atom stereocenters. The average molecular weight is 281 g/mol. The molecular formula is C14H14Cl2N2. The molecule has 94 valence electrons. The predicted molar refractivity (Wildman–Crippen MR) is 76.8 cm³/mol. The molecule has 0 aromatic heterocycles. The molecule has 0 saturated carbocycles. The van der Waals surface area contributed by atoms with E-state index < -0.39 is 0 Å². The SMILES string of the molecule is Cc1ccccc1C(NN)c1cc(Cl)cc(Cl)c1. The van der Waals surface area contributed by atoms with Crippen LogP contribution in [0.25, 0.3) is 0 Å². The Hall–Kier alpha value is -1.06. The van der Waals surface area contributed by atoms with Crippen molar-refractivity contribution in [2.75, 3.05) is 0 Å². The highest BCUT2D eigenvalue weighted by Crippen LogP contribution is 2.28. The van der Waals surface area contributed by atoms with Gasteiger partial charge in [0.25, 0.3) is 0 Å². The molecule has 0 spiro atoms. The van der Waals surface area contributed by atoms with E-state index in [0.717, 1.165) is 16.7 Å². The molecule has 0 fully saturated rings. The number of aryl methyl sites for hydroxylation is 1. The molecule has 2 aromatic carbocycles. The van der Waals surface area contributed by atoms with Crippen molar-refractivity contribution >= 4 is 23.2 Å². The van der Waals surface area contributed by atoms with E-state index >= 15 is 0 Å². The van der Waals surface area contributed by atoms with E-state index in [1.165, 1.54) is 0 Å². The zero-order valence-corrected chi connectivity index (χ0v) is 11.5. The Kier molecular flexibility index (Phi) is 4.25. The van der Waals surface area contributed by atoms with Gasteiger partial charge in [0.05, 0.1) is 6.04 Å². The van der Waals surface area contributed by atoms with E-state index in [1.807, 2.05) is 43.3 Å². The van der Waals surface area contributed by atoms with Crippen molar-refractivity contribution in [2.45, 2.75) is 13.0 Å². The number of nitrogens with one attached hydrogen (secondary N) is 1. The maximum absolute atomic E-state index is 6.03. The van der Waals surface area contributed by atoms with Gasteiger partial charge in [0.1, 0.15) is 0 Å². The van der Waals surface area contributed by atoms with Crippen molar-refractivity contribution in [1.29, 1.82) is 0 Å². The normalized spacial score (nSPS) is 12.4. The molecule has 0 aliphatic carbocycles. The number of hydrazine groups is 1. The van der Waals surface area contributed by atoms with E-state index in [4.69, 9.17) is 29.0 Å². The molecular weight excluding hydrogens is 267 g/mol. The van der Waals surface area contributed by atoms with Gasteiger partial charge >= 0.3 is 0 Å². The molecule has 0 aliphatic heterocycles. The zero-order valence-electron chi connectivity index (χ0n) is 9.95. The first-order valence-electron chi connectivity index (χ1n) is 5.59. The van der Waals surface area contributed by atoms with Crippen LogP contribution in [0, 0.1) is 6.92 Å². The minimum atomic E-state index is -0.123. The minimum Gasteiger partial charge on any atom is -0.271 e. The highest BCUT2D eigenvalue weighted by molar-refractivity contribution is 6.34. The summed E-state index contributed by atoms with van der Waals surface area (Å²) >= 11 is 12.1. The Balaban J connectivity index is 2.48. The number of benzene rings is 2. The molecule has 2 rings (SSSR count). The average Bonchev–Trinajstić information content (AvgIpc) is 2.31. The van der Waals surface area contributed by atoms with Crippen LogP contribution < -0.4 is 11.3 Å². The van der Waals surface area contributed by atoms with Crippen LogP contribution in [-0.4, -0.2) is 0 Å². The lowest BCUT2D eigenvalue weighted by molar-refractivity contribution is 0.634. The first kappa shape index (κ1) is 13.4. The summed E-state index contributed by atoms with van der Waals surface area (Å²) in [5.41, 5.74) is 6.03. The lowest BCUT2D eigenvalue weighted by atomic mass is 9.95. The van der Waals surface area contributed by atoms with Gasteiger partial charge in [-0.25, -0.2) is 5.43 Å². The molecule has 0 bridgehead atoms. The maximum atomic E-state index is 6.03. The van der Waals surface area contributed by atoms with Crippen LogP contribution in [0.15, 0.2) is 42.5 Å². The summed E-state index contributed by atoms with van der Waals surface area (Å²) in [4.78, 5) is 0. The number of hydrogen-bond acceptors (Lipinski definition) is 2. The number of nitrogens with two attached hydrogens (primary N) is 1. The van der Waals surface area contributed by atoms with Crippen LogP contribution in [0.3, 0.4) is 0 Å². The van der Waals surface area contributed by atoms with E-state index in [1.54, 1.807) is 6.07 Å². The first-order valence-corrected chi connectivity index (χ1v) is 6.35. The van der Waals surface area contributed by atoms with Gasteiger partial charge in [-0.15, -0.1) is 0 Å². The standard InChI is InChI=1S/C14H14Cl2N2/c1-9-4-2-3-5-13(9)14(18-17)10-6-11(15)8-12(16)7-10/h2-8,14,18H,17H2,1H3. The summed E-state index contributed by atoms with van der Waals surface area (Å²) in [5, 5.41) is 1.21. The summed E-state index contributed by atoms with van der Waals surface area (Å²) < 4.78 is 0. The molecule has 0 saturated heterocycles. The smallest absolute Gasteiger partial charge is 0.0713 e. The second kappa shape index (κ2) is 5.72. The lowest BCUT2D eigenvalue weighted by Gasteiger charge is -2.19. The van der Waals surface area contributed by atoms with Crippen LogP contribution >= 0.6 is 23.2 Å². The highest BCUT2D eigenvalue weighted by atomic mass is 35.5. The van der Waals surface area contributed by atoms with E-state index in [9.17, 15) is 0 Å². The number of halogens is 2. The Morgan fingerprint density at radius 3 is 2.22 bits per heavy atom. The van der Waals surface area contributed by atoms with Gasteiger partial charge < -0.3 is 0 Å². The fourth-order valence-electron chi connectivity index (χ4n) is 2.02.